The molecule has 6 heteroatoms. The highest BCUT2D eigenvalue weighted by atomic mass is 32.1. The Balaban J connectivity index is 0.958. The van der Waals surface area contributed by atoms with Gasteiger partial charge in [-0.2, -0.15) is 0 Å². The van der Waals surface area contributed by atoms with E-state index in [0.29, 0.717) is 11.0 Å². The van der Waals surface area contributed by atoms with E-state index in [4.69, 9.17) is 8.53 Å². The van der Waals surface area contributed by atoms with E-state index in [2.05, 4.69) is 160 Å². The number of thiophene rings is 1. The summed E-state index contributed by atoms with van der Waals surface area (Å²) in [5.74, 6) is 0. The van der Waals surface area contributed by atoms with Crippen molar-refractivity contribution in [1.82, 2.24) is 4.57 Å². The molecule has 0 saturated carbocycles. The average molecular weight is 946 g/mol. The Labute approximate surface area is 427 Å². The quantitative estimate of drug-likeness (QED) is 0.137. The lowest BCUT2D eigenvalue weighted by Crippen LogP contribution is -2.10. The van der Waals surface area contributed by atoms with Gasteiger partial charge < -0.3 is 23.7 Å². The summed E-state index contributed by atoms with van der Waals surface area (Å²) in [6, 6.07) is 79.8. The van der Waals surface area contributed by atoms with E-state index >= 15 is 0 Å². The van der Waals surface area contributed by atoms with Crippen molar-refractivity contribution in [3.63, 3.8) is 0 Å². The lowest BCUT2D eigenvalue weighted by Gasteiger charge is -2.26. The second kappa shape index (κ2) is 17.2. The highest BCUT2D eigenvalue weighted by molar-refractivity contribution is 7.25. The molecule has 0 saturated heterocycles. The van der Waals surface area contributed by atoms with Crippen LogP contribution in [0, 0.1) is 0 Å². The van der Waals surface area contributed by atoms with Gasteiger partial charge in [0, 0.05) is 98.6 Å². The zero-order chi connectivity index (χ0) is 51.9. The Kier molecular flexibility index (Phi) is 8.77. The Morgan fingerprint density at radius 2 is 0.708 bits per heavy atom. The van der Waals surface area contributed by atoms with Gasteiger partial charge in [-0.25, -0.2) is 0 Å². The van der Waals surface area contributed by atoms with Crippen molar-refractivity contribution in [2.45, 2.75) is 0 Å². The Hall–Kier alpha value is -9.36. The predicted molar refractivity (Wildman–Crippen MR) is 305 cm³/mol. The molecule has 0 atom stereocenters. The standard InChI is InChI=1S/C66H44N4OS/c1-6-18-45(19-7-1)67(46-20-8-2-9-21-46)50-31-36-61-57(40-50)58-41-51(32-37-62(58)70(61)49-26-14-5-15-27-49)68(47-22-10-3-11-23-47)52-33-38-63-59(42-52)60-43-53(34-39-64(60)71-63)69(48-24-12-4-13-25-48)54-30-35-56-55-28-16-17-29-65(55)72-66(56)44-54/h1-44H/i5D,14D,15D,26D,27D. The van der Waals surface area contributed by atoms with Gasteiger partial charge in [0.05, 0.1) is 17.9 Å². The number of aromatic nitrogens is 1. The molecule has 0 spiro atoms. The number of rotatable bonds is 10. The molecule has 14 rings (SSSR count). The van der Waals surface area contributed by atoms with Crippen molar-refractivity contribution in [2.75, 3.05) is 14.7 Å². The monoisotopic (exact) mass is 945 g/mol. The maximum atomic E-state index is 9.20. The fourth-order valence-corrected chi connectivity index (χ4v) is 11.5. The number of hydrogen-bond acceptors (Lipinski definition) is 5. The first-order valence-corrected chi connectivity index (χ1v) is 24.7. The first-order chi connectivity index (χ1) is 37.8. The molecular formula is C66H44N4OS. The van der Waals surface area contributed by atoms with Crippen LogP contribution in [0.3, 0.4) is 0 Å². The normalized spacial score (nSPS) is 12.6. The molecule has 72 heavy (non-hydrogen) atoms. The highest BCUT2D eigenvalue weighted by Crippen LogP contribution is 2.46. The molecule has 0 bridgehead atoms. The maximum Gasteiger partial charge on any atom is 0.135 e. The Morgan fingerprint density at radius 3 is 1.21 bits per heavy atom. The van der Waals surface area contributed by atoms with E-state index in [9.17, 15) is 2.74 Å². The molecule has 0 amide bonds. The van der Waals surface area contributed by atoms with Gasteiger partial charge in [0.2, 0.25) is 0 Å². The van der Waals surface area contributed by atoms with E-state index in [0.717, 1.165) is 83.9 Å². The van der Waals surface area contributed by atoms with Gasteiger partial charge in [-0.1, -0.05) is 115 Å². The van der Waals surface area contributed by atoms with Gasteiger partial charge in [-0.05, 0) is 152 Å². The van der Waals surface area contributed by atoms with Crippen LogP contribution in [0.15, 0.2) is 271 Å². The van der Waals surface area contributed by atoms with E-state index in [-0.39, 0.29) is 17.8 Å². The molecular weight excluding hydrogens is 897 g/mol. The first kappa shape index (κ1) is 36.6. The smallest absolute Gasteiger partial charge is 0.135 e. The molecule has 3 aromatic heterocycles. The van der Waals surface area contributed by atoms with Crippen LogP contribution in [0.2, 0.25) is 0 Å². The Morgan fingerprint density at radius 1 is 0.319 bits per heavy atom. The number of fused-ring (bicyclic) bond motifs is 9. The lowest BCUT2D eigenvalue weighted by molar-refractivity contribution is 0.669. The topological polar surface area (TPSA) is 27.8 Å². The van der Waals surface area contributed by atoms with Crippen LogP contribution in [0.4, 0.5) is 51.2 Å². The third-order valence-electron chi connectivity index (χ3n) is 13.6. The average Bonchev–Trinajstić information content (AvgIpc) is 4.29. The van der Waals surface area contributed by atoms with Gasteiger partial charge in [-0.3, -0.25) is 0 Å². The molecule has 5 nitrogen and oxygen atoms in total. The third kappa shape index (κ3) is 7.07. The third-order valence-corrected chi connectivity index (χ3v) is 14.7. The zero-order valence-corrected chi connectivity index (χ0v) is 39.4. The van der Waals surface area contributed by atoms with Gasteiger partial charge in [-0.15, -0.1) is 11.3 Å². The van der Waals surface area contributed by atoms with Crippen molar-refractivity contribution < 1.29 is 11.3 Å². The molecule has 0 aliphatic carbocycles. The molecule has 11 aromatic carbocycles. The van der Waals surface area contributed by atoms with Crippen molar-refractivity contribution in [3.8, 4) is 5.69 Å². The van der Waals surface area contributed by atoms with Crippen molar-refractivity contribution >= 4 is 126 Å². The second-order valence-corrected chi connectivity index (χ2v) is 18.9. The van der Waals surface area contributed by atoms with E-state index in [1.54, 1.807) is 0 Å². The fourth-order valence-electron chi connectivity index (χ4n) is 10.4. The molecule has 0 fully saturated rings. The summed E-state index contributed by atoms with van der Waals surface area (Å²) in [6.07, 6.45) is 0. The SMILES string of the molecule is [2H]c1c([2H])c([2H])c(-n2c3ccc(N(c4ccccc4)c4ccccc4)cc3c3cc(N(c4ccccc4)c4ccc5oc6ccc(N(c7ccccc7)c7ccc8c(c7)sc7ccccc78)cc6c5c4)ccc32)c([2H])c1[2H]. The molecule has 340 valence electrons. The molecule has 14 aromatic rings. The van der Waals surface area contributed by atoms with Crippen LogP contribution in [0.5, 0.6) is 0 Å². The second-order valence-electron chi connectivity index (χ2n) is 17.8. The van der Waals surface area contributed by atoms with Crippen LogP contribution >= 0.6 is 11.3 Å². The number of hydrogen-bond donors (Lipinski definition) is 0. The minimum absolute atomic E-state index is 0.0857. The van der Waals surface area contributed by atoms with Gasteiger partial charge >= 0.3 is 0 Å². The zero-order valence-electron chi connectivity index (χ0n) is 43.6. The van der Waals surface area contributed by atoms with Gasteiger partial charge in [0.1, 0.15) is 11.2 Å². The van der Waals surface area contributed by atoms with Crippen LogP contribution in [0.25, 0.3) is 69.6 Å². The van der Waals surface area contributed by atoms with Crippen LogP contribution in [-0.2, 0) is 0 Å². The van der Waals surface area contributed by atoms with E-state index < -0.39 is 18.1 Å². The van der Waals surface area contributed by atoms with Crippen LogP contribution in [-0.4, -0.2) is 4.57 Å². The minimum Gasteiger partial charge on any atom is -0.456 e. The van der Waals surface area contributed by atoms with Crippen molar-refractivity contribution in [2.24, 2.45) is 0 Å². The van der Waals surface area contributed by atoms with Crippen molar-refractivity contribution in [3.05, 3.63) is 267 Å². The first-order valence-electron chi connectivity index (χ1n) is 26.4. The van der Waals surface area contributed by atoms with Crippen molar-refractivity contribution in [1.29, 1.82) is 0 Å². The lowest BCUT2D eigenvalue weighted by atomic mass is 10.1. The molecule has 0 radical (unpaired) electrons. The summed E-state index contributed by atoms with van der Waals surface area (Å²) in [5.41, 5.74) is 11.6. The number of anilines is 9. The summed E-state index contributed by atoms with van der Waals surface area (Å²) in [6.45, 7) is 0. The number of para-hydroxylation sites is 5. The summed E-state index contributed by atoms with van der Waals surface area (Å²) in [4.78, 5) is 6.74. The fraction of sp³-hybridized carbons (Fsp3) is 0. The number of nitrogens with zero attached hydrogens (tertiary/aromatic N) is 4. The largest absolute Gasteiger partial charge is 0.456 e. The molecule has 0 aliphatic rings. The summed E-state index contributed by atoms with van der Waals surface area (Å²) in [5, 5.41) is 6.12. The minimum atomic E-state index is -0.439. The number of furan rings is 1. The maximum absolute atomic E-state index is 9.20. The van der Waals surface area contributed by atoms with Crippen LogP contribution < -0.4 is 14.7 Å². The van der Waals surface area contributed by atoms with Gasteiger partial charge in [0.15, 0.2) is 0 Å². The Bertz CT molecular complexity index is 4530. The summed E-state index contributed by atoms with van der Waals surface area (Å²) >= 11 is 1.81. The molecule has 3 heterocycles. The van der Waals surface area contributed by atoms with E-state index in [1.807, 2.05) is 107 Å². The summed E-state index contributed by atoms with van der Waals surface area (Å²) in [7, 11) is 0. The molecule has 0 aliphatic heterocycles. The molecule has 0 N–H and O–H groups in total. The predicted octanol–water partition coefficient (Wildman–Crippen LogP) is 19.5. The summed E-state index contributed by atoms with van der Waals surface area (Å²) < 4.78 is 55.2. The molecule has 0 unspecified atom stereocenters. The highest BCUT2D eigenvalue weighted by Gasteiger charge is 2.22. The van der Waals surface area contributed by atoms with Gasteiger partial charge in [0.25, 0.3) is 0 Å². The van der Waals surface area contributed by atoms with E-state index in [1.165, 1.54) is 20.2 Å². The number of benzene rings is 11. The van der Waals surface area contributed by atoms with Crippen LogP contribution in [0.1, 0.15) is 6.85 Å².